The van der Waals surface area contributed by atoms with E-state index in [0.717, 1.165) is 61.6 Å². The largest absolute Gasteiger partial charge is 0.255 e. The highest BCUT2D eigenvalue weighted by molar-refractivity contribution is 7.26. The predicted octanol–water partition coefficient (Wildman–Crippen LogP) is 13.4. The van der Waals surface area contributed by atoms with Gasteiger partial charge in [-0.3, -0.25) is 9.97 Å². The molecule has 0 atom stereocenters. The van der Waals surface area contributed by atoms with Crippen LogP contribution in [-0.4, -0.2) is 19.9 Å². The topological polar surface area (TPSA) is 51.6 Å². The quantitative estimate of drug-likeness (QED) is 0.166. The molecule has 0 unspecified atom stereocenters. The highest BCUT2D eigenvalue weighted by atomic mass is 32.1. The minimum absolute atomic E-state index is 0.813. The molecule has 55 heavy (non-hydrogen) atoms. The Morgan fingerprint density at radius 3 is 1.69 bits per heavy atom. The average Bonchev–Trinajstić information content (AvgIpc) is 3.66. The third kappa shape index (κ3) is 5.36. The van der Waals surface area contributed by atoms with Gasteiger partial charge in [0, 0.05) is 38.8 Å². The van der Waals surface area contributed by atoms with E-state index in [1.54, 1.807) is 12.4 Å². The van der Waals surface area contributed by atoms with Gasteiger partial charge in [0.15, 0.2) is 0 Å². The van der Waals surface area contributed by atoms with E-state index in [0.29, 0.717) is 0 Å². The Bertz CT molecular complexity index is 3190. The molecule has 0 aliphatic heterocycles. The van der Waals surface area contributed by atoms with E-state index < -0.39 is 0 Å². The maximum Gasteiger partial charge on any atom is 0.0900 e. The fourth-order valence-corrected chi connectivity index (χ4v) is 9.16. The molecule has 0 saturated carbocycles. The lowest BCUT2D eigenvalue weighted by molar-refractivity contribution is 1.22. The standard InChI is InChI=1S/C50H30N4S/c1-2-12-36-34(11-1)28-40(38-14-4-3-13-37(36)38)49-50-48(39-15-5-6-18-47(39)55-50)41-27-33(23-24-42(41)54-49)31-19-21-32(22-20-31)35-29-45(43-16-7-9-25-51-43)53-46(30-35)44-17-8-10-26-52-44/h1-30H. The first-order valence-corrected chi connectivity index (χ1v) is 19.2. The number of nitrogens with zero attached hydrogens (tertiary/aromatic N) is 4. The van der Waals surface area contributed by atoms with Crippen LogP contribution in [0, 0.1) is 0 Å². The van der Waals surface area contributed by atoms with E-state index in [-0.39, 0.29) is 0 Å². The SMILES string of the molecule is c1ccc(-c2cc(-c3ccc(-c4ccc5nc(-c6cc7ccccc7c7ccccc67)c6sc7ccccc7c6c5c4)cc3)cc(-c3ccccn3)n2)nc1. The van der Waals surface area contributed by atoms with Crippen molar-refractivity contribution in [2.75, 3.05) is 0 Å². The monoisotopic (exact) mass is 718 g/mol. The fourth-order valence-electron chi connectivity index (χ4n) is 7.94. The Morgan fingerprint density at radius 1 is 0.382 bits per heavy atom. The number of pyridine rings is 4. The molecular weight excluding hydrogens is 689 g/mol. The van der Waals surface area contributed by atoms with Crippen molar-refractivity contribution < 1.29 is 0 Å². The fraction of sp³-hybridized carbons (Fsp3) is 0. The first kappa shape index (κ1) is 31.4. The lowest BCUT2D eigenvalue weighted by Gasteiger charge is -2.13. The minimum atomic E-state index is 0.813. The highest BCUT2D eigenvalue weighted by Gasteiger charge is 2.19. The average molecular weight is 719 g/mol. The molecule has 0 fully saturated rings. The van der Waals surface area contributed by atoms with E-state index in [1.165, 1.54) is 47.3 Å². The molecule has 0 saturated heterocycles. The van der Waals surface area contributed by atoms with Crippen LogP contribution in [0.3, 0.4) is 0 Å². The van der Waals surface area contributed by atoms with Crippen LogP contribution in [0.2, 0.25) is 0 Å². The van der Waals surface area contributed by atoms with Crippen molar-refractivity contribution in [3.63, 3.8) is 0 Å². The zero-order valence-corrected chi connectivity index (χ0v) is 30.3. The lowest BCUT2D eigenvalue weighted by Crippen LogP contribution is -1.94. The van der Waals surface area contributed by atoms with E-state index in [4.69, 9.17) is 9.97 Å². The first-order valence-electron chi connectivity index (χ1n) is 18.4. The van der Waals surface area contributed by atoms with Crippen LogP contribution >= 0.6 is 11.3 Å². The Kier molecular flexibility index (Phi) is 7.32. The van der Waals surface area contributed by atoms with Gasteiger partial charge >= 0.3 is 0 Å². The molecule has 256 valence electrons. The summed E-state index contributed by atoms with van der Waals surface area (Å²) in [5.74, 6) is 0. The van der Waals surface area contributed by atoms with E-state index in [2.05, 4.69) is 143 Å². The minimum Gasteiger partial charge on any atom is -0.255 e. The summed E-state index contributed by atoms with van der Waals surface area (Å²) in [6.45, 7) is 0. The van der Waals surface area contributed by atoms with Gasteiger partial charge in [-0.15, -0.1) is 11.3 Å². The molecule has 5 heteroatoms. The Balaban J connectivity index is 1.06. The third-order valence-electron chi connectivity index (χ3n) is 10.6. The Labute approximate surface area is 321 Å². The zero-order chi connectivity index (χ0) is 36.3. The number of rotatable bonds is 5. The van der Waals surface area contributed by atoms with Crippen LogP contribution < -0.4 is 0 Å². The lowest BCUT2D eigenvalue weighted by atomic mass is 9.93. The second kappa shape index (κ2) is 12.8. The third-order valence-corrected chi connectivity index (χ3v) is 11.7. The van der Waals surface area contributed by atoms with Gasteiger partial charge in [0.25, 0.3) is 0 Å². The summed E-state index contributed by atoms with van der Waals surface area (Å²) < 4.78 is 2.48. The van der Waals surface area contributed by atoms with Crippen molar-refractivity contribution in [2.24, 2.45) is 0 Å². The van der Waals surface area contributed by atoms with Crippen molar-refractivity contribution in [2.45, 2.75) is 0 Å². The zero-order valence-electron chi connectivity index (χ0n) is 29.5. The summed E-state index contributed by atoms with van der Waals surface area (Å²) in [5, 5.41) is 8.64. The summed E-state index contributed by atoms with van der Waals surface area (Å²) in [7, 11) is 0. The molecule has 11 rings (SSSR count). The van der Waals surface area contributed by atoms with Crippen LogP contribution in [-0.2, 0) is 0 Å². The van der Waals surface area contributed by atoms with Gasteiger partial charge in [-0.05, 0) is 104 Å². The van der Waals surface area contributed by atoms with Gasteiger partial charge in [-0.2, -0.15) is 0 Å². The summed E-state index contributed by atoms with van der Waals surface area (Å²) >= 11 is 1.84. The van der Waals surface area contributed by atoms with Crippen molar-refractivity contribution in [3.8, 4) is 56.3 Å². The second-order valence-corrected chi connectivity index (χ2v) is 14.9. The number of benzene rings is 6. The molecule has 0 N–H and O–H groups in total. The molecule has 4 nitrogen and oxygen atoms in total. The summed E-state index contributed by atoms with van der Waals surface area (Å²) in [6, 6.07) is 60.1. The van der Waals surface area contributed by atoms with Gasteiger partial charge < -0.3 is 0 Å². The maximum absolute atomic E-state index is 5.48. The van der Waals surface area contributed by atoms with Crippen molar-refractivity contribution in [1.29, 1.82) is 0 Å². The molecule has 6 aromatic carbocycles. The highest BCUT2D eigenvalue weighted by Crippen LogP contribution is 2.46. The number of aromatic nitrogens is 4. The van der Waals surface area contributed by atoms with E-state index in [1.807, 2.05) is 47.7 Å². The normalized spacial score (nSPS) is 11.6. The van der Waals surface area contributed by atoms with Gasteiger partial charge in [-0.1, -0.05) is 109 Å². The number of fused-ring (bicyclic) bond motifs is 8. The van der Waals surface area contributed by atoms with Gasteiger partial charge in [0.1, 0.15) is 0 Å². The van der Waals surface area contributed by atoms with Crippen LogP contribution in [0.25, 0.3) is 109 Å². The van der Waals surface area contributed by atoms with Crippen molar-refractivity contribution in [1.82, 2.24) is 19.9 Å². The van der Waals surface area contributed by atoms with Gasteiger partial charge in [0.2, 0.25) is 0 Å². The molecule has 0 radical (unpaired) electrons. The van der Waals surface area contributed by atoms with Gasteiger partial charge in [-0.25, -0.2) is 9.97 Å². The molecule has 0 spiro atoms. The van der Waals surface area contributed by atoms with E-state index in [9.17, 15) is 0 Å². The van der Waals surface area contributed by atoms with Crippen molar-refractivity contribution >= 4 is 64.0 Å². The first-order chi connectivity index (χ1) is 27.2. The van der Waals surface area contributed by atoms with Gasteiger partial charge in [0.05, 0.1) is 38.7 Å². The molecule has 0 amide bonds. The molecule has 0 aliphatic rings. The molecular formula is C50H30N4S. The second-order valence-electron chi connectivity index (χ2n) is 13.8. The summed E-state index contributed by atoms with van der Waals surface area (Å²) in [6.07, 6.45) is 3.60. The summed E-state index contributed by atoms with van der Waals surface area (Å²) in [4.78, 5) is 19.6. The molecule has 5 heterocycles. The smallest absolute Gasteiger partial charge is 0.0900 e. The van der Waals surface area contributed by atoms with Crippen LogP contribution in [0.5, 0.6) is 0 Å². The molecule has 0 aliphatic carbocycles. The molecule has 5 aromatic heterocycles. The van der Waals surface area contributed by atoms with Crippen LogP contribution in [0.15, 0.2) is 182 Å². The molecule has 0 bridgehead atoms. The van der Waals surface area contributed by atoms with Crippen LogP contribution in [0.1, 0.15) is 0 Å². The van der Waals surface area contributed by atoms with E-state index >= 15 is 0 Å². The number of hydrogen-bond acceptors (Lipinski definition) is 5. The predicted molar refractivity (Wildman–Crippen MR) is 230 cm³/mol. The van der Waals surface area contributed by atoms with Crippen molar-refractivity contribution in [3.05, 3.63) is 182 Å². The summed E-state index contributed by atoms with van der Waals surface area (Å²) in [5.41, 5.74) is 10.9. The number of hydrogen-bond donors (Lipinski definition) is 0. The van der Waals surface area contributed by atoms with Crippen LogP contribution in [0.4, 0.5) is 0 Å². The Hall–Kier alpha value is -7.08. The Morgan fingerprint density at radius 2 is 0.982 bits per heavy atom. The maximum atomic E-state index is 5.48. The molecule has 11 aromatic rings. The number of thiophene rings is 1.